The summed E-state index contributed by atoms with van der Waals surface area (Å²) >= 11 is 1.52. The van der Waals surface area contributed by atoms with Gasteiger partial charge >= 0.3 is 0 Å². The topological polar surface area (TPSA) is 55.4 Å². The fourth-order valence-electron chi connectivity index (χ4n) is 2.39. The van der Waals surface area contributed by atoms with Crippen LogP contribution in [0.4, 0.5) is 0 Å². The van der Waals surface area contributed by atoms with Gasteiger partial charge < -0.3 is 10.1 Å². The van der Waals surface area contributed by atoms with Gasteiger partial charge in [0.05, 0.1) is 12.4 Å². The Morgan fingerprint density at radius 2 is 1.88 bits per heavy atom. The molecule has 0 saturated carbocycles. The smallest absolute Gasteiger partial charge is 0.216 e. The predicted molar refractivity (Wildman–Crippen MR) is 101 cm³/mol. The lowest BCUT2D eigenvalue weighted by Gasteiger charge is -2.12. The number of methoxy groups -OCH3 is 1. The molecule has 0 aromatic heterocycles. The molecule has 1 unspecified atom stereocenters. The molecule has 1 N–H and O–H groups in total. The minimum absolute atomic E-state index is 0.0322. The van der Waals surface area contributed by atoms with E-state index in [1.165, 1.54) is 18.7 Å². The number of carbonyl (C=O) groups excluding carboxylic acids is 2. The molecule has 0 bridgehead atoms. The third-order valence-corrected chi connectivity index (χ3v) is 4.84. The average Bonchev–Trinajstić information content (AvgIpc) is 2.61. The Kier molecular flexibility index (Phi) is 7.07. The lowest BCUT2D eigenvalue weighted by Crippen LogP contribution is -2.22. The standard InChI is InChI=1S/C20H23NO3S/c1-14(25-19-6-4-5-18(13-19)24-3)20(23)17-9-7-16(8-10-17)11-12-21-15(2)22/h4-10,13-14H,11-12H2,1-3H3,(H,21,22). The number of benzene rings is 2. The second-order valence-corrected chi connectivity index (χ2v) is 7.15. The maximum atomic E-state index is 12.6. The van der Waals surface area contributed by atoms with Crippen molar-refractivity contribution in [2.75, 3.05) is 13.7 Å². The molecule has 0 aliphatic rings. The van der Waals surface area contributed by atoms with Crippen LogP contribution in [0, 0.1) is 0 Å². The average molecular weight is 357 g/mol. The number of rotatable bonds is 8. The molecular formula is C20H23NO3S. The van der Waals surface area contributed by atoms with Gasteiger partial charge in [-0.25, -0.2) is 0 Å². The van der Waals surface area contributed by atoms with E-state index in [0.717, 1.165) is 22.6 Å². The van der Waals surface area contributed by atoms with Gasteiger partial charge in [0.15, 0.2) is 5.78 Å². The monoisotopic (exact) mass is 357 g/mol. The fraction of sp³-hybridized carbons (Fsp3) is 0.300. The Balaban J connectivity index is 1.95. The zero-order chi connectivity index (χ0) is 18.2. The molecule has 2 rings (SSSR count). The van der Waals surface area contributed by atoms with E-state index in [0.29, 0.717) is 12.1 Å². The summed E-state index contributed by atoms with van der Waals surface area (Å²) in [6.07, 6.45) is 0.752. The number of hydrogen-bond donors (Lipinski definition) is 1. The van der Waals surface area contributed by atoms with Crippen LogP contribution < -0.4 is 10.1 Å². The molecule has 0 spiro atoms. The third kappa shape index (κ3) is 5.94. The van der Waals surface area contributed by atoms with E-state index < -0.39 is 0 Å². The molecule has 0 saturated heterocycles. The second kappa shape index (κ2) is 9.28. The summed E-state index contributed by atoms with van der Waals surface area (Å²) in [4.78, 5) is 24.5. The van der Waals surface area contributed by atoms with E-state index in [2.05, 4.69) is 5.32 Å². The van der Waals surface area contributed by atoms with Crippen LogP contribution in [0.2, 0.25) is 0 Å². The summed E-state index contributed by atoms with van der Waals surface area (Å²) in [5.74, 6) is 0.851. The van der Waals surface area contributed by atoms with E-state index in [1.54, 1.807) is 7.11 Å². The largest absolute Gasteiger partial charge is 0.497 e. The number of nitrogens with one attached hydrogen (secondary N) is 1. The molecule has 2 aromatic carbocycles. The van der Waals surface area contributed by atoms with Gasteiger partial charge in [-0.15, -0.1) is 11.8 Å². The van der Waals surface area contributed by atoms with E-state index >= 15 is 0 Å². The number of ether oxygens (including phenoxy) is 1. The van der Waals surface area contributed by atoms with Gasteiger partial charge in [-0.1, -0.05) is 30.3 Å². The summed E-state index contributed by atoms with van der Waals surface area (Å²) in [5.41, 5.74) is 1.80. The minimum Gasteiger partial charge on any atom is -0.497 e. The van der Waals surface area contributed by atoms with Crippen molar-refractivity contribution in [1.29, 1.82) is 0 Å². The van der Waals surface area contributed by atoms with Crippen molar-refractivity contribution in [2.24, 2.45) is 0 Å². The zero-order valence-electron chi connectivity index (χ0n) is 14.7. The lowest BCUT2D eigenvalue weighted by molar-refractivity contribution is -0.118. The van der Waals surface area contributed by atoms with Crippen LogP contribution in [0.15, 0.2) is 53.4 Å². The first-order chi connectivity index (χ1) is 12.0. The molecule has 0 fully saturated rings. The second-order valence-electron chi connectivity index (χ2n) is 5.73. The summed E-state index contributed by atoms with van der Waals surface area (Å²) in [6, 6.07) is 15.3. The first kappa shape index (κ1) is 19.1. The molecular weight excluding hydrogens is 334 g/mol. The minimum atomic E-state index is -0.183. The molecule has 0 radical (unpaired) electrons. The number of thioether (sulfide) groups is 1. The van der Waals surface area contributed by atoms with E-state index in [-0.39, 0.29) is 16.9 Å². The maximum Gasteiger partial charge on any atom is 0.216 e. The van der Waals surface area contributed by atoms with Gasteiger partial charge in [-0.2, -0.15) is 0 Å². The number of carbonyl (C=O) groups is 2. The van der Waals surface area contributed by atoms with Crippen molar-refractivity contribution in [2.45, 2.75) is 30.4 Å². The van der Waals surface area contributed by atoms with Crippen molar-refractivity contribution in [1.82, 2.24) is 5.32 Å². The number of hydrogen-bond acceptors (Lipinski definition) is 4. The van der Waals surface area contributed by atoms with Crippen molar-refractivity contribution in [3.8, 4) is 5.75 Å². The van der Waals surface area contributed by atoms with Crippen LogP contribution in [0.1, 0.15) is 29.8 Å². The highest BCUT2D eigenvalue weighted by atomic mass is 32.2. The quantitative estimate of drug-likeness (QED) is 0.578. The molecule has 0 aliphatic heterocycles. The van der Waals surface area contributed by atoms with E-state index in [1.807, 2.05) is 55.5 Å². The third-order valence-electron chi connectivity index (χ3n) is 3.75. The van der Waals surface area contributed by atoms with Crippen LogP contribution >= 0.6 is 11.8 Å². The summed E-state index contributed by atoms with van der Waals surface area (Å²) in [6.45, 7) is 4.02. The van der Waals surface area contributed by atoms with Gasteiger partial charge in [0, 0.05) is 23.9 Å². The van der Waals surface area contributed by atoms with Crippen LogP contribution in [0.3, 0.4) is 0 Å². The van der Waals surface area contributed by atoms with Gasteiger partial charge in [0.2, 0.25) is 5.91 Å². The Bertz CT molecular complexity index is 728. The predicted octanol–water partition coefficient (Wildman–Crippen LogP) is 3.74. The van der Waals surface area contributed by atoms with Crippen LogP contribution in [0.5, 0.6) is 5.75 Å². The number of ketones is 1. The molecule has 0 aliphatic carbocycles. The number of amides is 1. The van der Waals surface area contributed by atoms with Crippen LogP contribution in [0.25, 0.3) is 0 Å². The first-order valence-electron chi connectivity index (χ1n) is 8.18. The Morgan fingerprint density at radius 1 is 1.16 bits per heavy atom. The van der Waals surface area contributed by atoms with Gasteiger partial charge in [-0.05, 0) is 37.1 Å². The summed E-state index contributed by atoms with van der Waals surface area (Å²) < 4.78 is 5.22. The molecule has 132 valence electrons. The van der Waals surface area contributed by atoms with Gasteiger partial charge in [-0.3, -0.25) is 9.59 Å². The van der Waals surface area contributed by atoms with Crippen molar-refractivity contribution in [3.05, 3.63) is 59.7 Å². The lowest BCUT2D eigenvalue weighted by atomic mass is 10.0. The molecule has 25 heavy (non-hydrogen) atoms. The molecule has 5 heteroatoms. The highest BCUT2D eigenvalue weighted by Crippen LogP contribution is 2.28. The Morgan fingerprint density at radius 3 is 2.52 bits per heavy atom. The molecule has 2 aromatic rings. The van der Waals surface area contributed by atoms with Crippen molar-refractivity contribution in [3.63, 3.8) is 0 Å². The first-order valence-corrected chi connectivity index (χ1v) is 9.06. The van der Waals surface area contributed by atoms with Gasteiger partial charge in [0.25, 0.3) is 0 Å². The Hall–Kier alpha value is -2.27. The Labute approximate surface area is 153 Å². The fourth-order valence-corrected chi connectivity index (χ4v) is 3.38. The van der Waals surface area contributed by atoms with Crippen molar-refractivity contribution >= 4 is 23.5 Å². The maximum absolute atomic E-state index is 12.6. The molecule has 4 nitrogen and oxygen atoms in total. The van der Waals surface area contributed by atoms with Crippen LogP contribution in [-0.4, -0.2) is 30.6 Å². The molecule has 1 atom stereocenters. The van der Waals surface area contributed by atoms with Crippen LogP contribution in [-0.2, 0) is 11.2 Å². The highest BCUT2D eigenvalue weighted by Gasteiger charge is 2.16. The van der Waals surface area contributed by atoms with Gasteiger partial charge in [0.1, 0.15) is 5.75 Å². The molecule has 1 amide bonds. The normalized spacial score (nSPS) is 11.6. The SMILES string of the molecule is COc1cccc(SC(C)C(=O)c2ccc(CCNC(C)=O)cc2)c1. The van der Waals surface area contributed by atoms with E-state index in [9.17, 15) is 9.59 Å². The summed E-state index contributed by atoms with van der Waals surface area (Å²) in [5, 5.41) is 2.58. The zero-order valence-corrected chi connectivity index (χ0v) is 15.6. The summed E-state index contributed by atoms with van der Waals surface area (Å²) in [7, 11) is 1.63. The molecule has 0 heterocycles. The highest BCUT2D eigenvalue weighted by molar-refractivity contribution is 8.00. The number of Topliss-reactive ketones (excluding diaryl/α,β-unsaturated/α-hetero) is 1. The van der Waals surface area contributed by atoms with Crippen molar-refractivity contribution < 1.29 is 14.3 Å². The van der Waals surface area contributed by atoms with E-state index in [4.69, 9.17) is 4.74 Å².